The third-order valence-corrected chi connectivity index (χ3v) is 5.59. The quantitative estimate of drug-likeness (QED) is 0.745. The first-order valence-corrected chi connectivity index (χ1v) is 8.80. The molecule has 6 heteroatoms. The molecule has 0 radical (unpaired) electrons. The van der Waals surface area contributed by atoms with E-state index < -0.39 is 5.54 Å². The van der Waals surface area contributed by atoms with Gasteiger partial charge in [-0.1, -0.05) is 12.1 Å². The second-order valence-electron chi connectivity index (χ2n) is 6.45. The SMILES string of the molecule is CC(CO)(NC(=O)c1ccc(-c2nc3ccccc3s2)o1)C1CC1. The van der Waals surface area contributed by atoms with Gasteiger partial charge in [0.2, 0.25) is 0 Å². The number of aliphatic hydroxyl groups excluding tert-OH is 1. The Morgan fingerprint density at radius 2 is 2.17 bits per heavy atom. The third kappa shape index (κ3) is 2.72. The molecule has 1 aromatic carbocycles. The Labute approximate surface area is 143 Å². The molecule has 2 aromatic heterocycles. The summed E-state index contributed by atoms with van der Waals surface area (Å²) in [6.45, 7) is 1.80. The van der Waals surface area contributed by atoms with Crippen LogP contribution < -0.4 is 5.32 Å². The lowest BCUT2D eigenvalue weighted by molar-refractivity contribution is 0.0798. The minimum absolute atomic E-state index is 0.0746. The highest BCUT2D eigenvalue weighted by molar-refractivity contribution is 7.21. The maximum absolute atomic E-state index is 12.4. The van der Waals surface area contributed by atoms with Gasteiger partial charge in [0.25, 0.3) is 5.91 Å². The number of thiazole rings is 1. The van der Waals surface area contributed by atoms with Crippen LogP contribution in [0, 0.1) is 5.92 Å². The summed E-state index contributed by atoms with van der Waals surface area (Å²) in [5.74, 6) is 0.860. The lowest BCUT2D eigenvalue weighted by Crippen LogP contribution is -2.50. The Kier molecular flexibility index (Phi) is 3.66. The first-order chi connectivity index (χ1) is 11.6. The fourth-order valence-corrected chi connectivity index (χ4v) is 3.79. The topological polar surface area (TPSA) is 75.4 Å². The number of hydrogen-bond donors (Lipinski definition) is 2. The summed E-state index contributed by atoms with van der Waals surface area (Å²) >= 11 is 1.53. The van der Waals surface area contributed by atoms with E-state index in [1.165, 1.54) is 11.3 Å². The Hall–Kier alpha value is -2.18. The summed E-state index contributed by atoms with van der Waals surface area (Å²) in [4.78, 5) is 17.0. The number of fused-ring (bicyclic) bond motifs is 1. The molecule has 1 fully saturated rings. The van der Waals surface area contributed by atoms with Gasteiger partial charge in [0, 0.05) is 0 Å². The average molecular weight is 342 g/mol. The van der Waals surface area contributed by atoms with Crippen LogP contribution in [0.4, 0.5) is 0 Å². The van der Waals surface area contributed by atoms with Gasteiger partial charge in [0.15, 0.2) is 16.5 Å². The van der Waals surface area contributed by atoms with E-state index in [1.54, 1.807) is 12.1 Å². The van der Waals surface area contributed by atoms with Crippen LogP contribution in [-0.4, -0.2) is 28.1 Å². The number of rotatable bonds is 5. The summed E-state index contributed by atoms with van der Waals surface area (Å²) in [6, 6.07) is 11.3. The van der Waals surface area contributed by atoms with E-state index in [9.17, 15) is 9.90 Å². The van der Waals surface area contributed by atoms with Gasteiger partial charge in [-0.2, -0.15) is 0 Å². The summed E-state index contributed by atoms with van der Waals surface area (Å²) in [6.07, 6.45) is 2.07. The summed E-state index contributed by atoms with van der Waals surface area (Å²) in [5.41, 5.74) is 0.335. The van der Waals surface area contributed by atoms with Crippen LogP contribution in [0.3, 0.4) is 0 Å². The lowest BCUT2D eigenvalue weighted by atomic mass is 9.97. The van der Waals surface area contributed by atoms with E-state index in [0.29, 0.717) is 11.7 Å². The number of aliphatic hydroxyl groups is 1. The van der Waals surface area contributed by atoms with E-state index in [4.69, 9.17) is 4.42 Å². The molecule has 124 valence electrons. The van der Waals surface area contributed by atoms with Crippen molar-refractivity contribution in [1.29, 1.82) is 0 Å². The van der Waals surface area contributed by atoms with E-state index in [-0.39, 0.29) is 18.3 Å². The van der Waals surface area contributed by atoms with Crippen molar-refractivity contribution in [2.24, 2.45) is 5.92 Å². The number of nitrogens with zero attached hydrogens (tertiary/aromatic N) is 1. The van der Waals surface area contributed by atoms with Crippen molar-refractivity contribution in [2.75, 3.05) is 6.61 Å². The fourth-order valence-electron chi connectivity index (χ4n) is 2.86. The van der Waals surface area contributed by atoms with Gasteiger partial charge in [-0.05, 0) is 49.9 Å². The Balaban J connectivity index is 1.56. The third-order valence-electron chi connectivity index (χ3n) is 4.54. The van der Waals surface area contributed by atoms with Crippen molar-refractivity contribution in [3.8, 4) is 10.8 Å². The Bertz CT molecular complexity index is 863. The molecule has 2 N–H and O–H groups in total. The summed E-state index contributed by atoms with van der Waals surface area (Å²) < 4.78 is 6.79. The van der Waals surface area contributed by atoms with Gasteiger partial charge >= 0.3 is 0 Å². The van der Waals surface area contributed by atoms with Gasteiger partial charge in [-0.25, -0.2) is 4.98 Å². The van der Waals surface area contributed by atoms with E-state index >= 15 is 0 Å². The molecule has 0 saturated heterocycles. The van der Waals surface area contributed by atoms with Gasteiger partial charge < -0.3 is 14.8 Å². The molecule has 3 aromatic rings. The summed E-state index contributed by atoms with van der Waals surface area (Å²) in [5, 5.41) is 13.3. The second kappa shape index (κ2) is 5.72. The highest BCUT2D eigenvalue weighted by Crippen LogP contribution is 2.39. The largest absolute Gasteiger partial charge is 0.448 e. The van der Waals surface area contributed by atoms with E-state index in [1.807, 2.05) is 31.2 Å². The molecule has 1 saturated carbocycles. The number of carbonyl (C=O) groups excluding carboxylic acids is 1. The number of hydrogen-bond acceptors (Lipinski definition) is 5. The number of aromatic nitrogens is 1. The molecular weight excluding hydrogens is 324 g/mol. The lowest BCUT2D eigenvalue weighted by Gasteiger charge is -2.28. The molecule has 4 rings (SSSR count). The van der Waals surface area contributed by atoms with Crippen LogP contribution in [0.15, 0.2) is 40.8 Å². The van der Waals surface area contributed by atoms with Gasteiger partial charge in [-0.3, -0.25) is 4.79 Å². The number of carbonyl (C=O) groups is 1. The minimum atomic E-state index is -0.583. The van der Waals surface area contributed by atoms with Crippen molar-refractivity contribution in [2.45, 2.75) is 25.3 Å². The molecule has 1 unspecified atom stereocenters. The second-order valence-corrected chi connectivity index (χ2v) is 7.49. The minimum Gasteiger partial charge on any atom is -0.448 e. The summed E-state index contributed by atoms with van der Waals surface area (Å²) in [7, 11) is 0. The molecule has 1 atom stereocenters. The average Bonchev–Trinajstić information content (AvgIpc) is 3.18. The predicted molar refractivity (Wildman–Crippen MR) is 93.0 cm³/mol. The molecule has 0 spiro atoms. The Morgan fingerprint density at radius 3 is 2.88 bits per heavy atom. The highest BCUT2D eigenvalue weighted by atomic mass is 32.1. The zero-order valence-corrected chi connectivity index (χ0v) is 14.1. The first-order valence-electron chi connectivity index (χ1n) is 7.98. The molecule has 0 bridgehead atoms. The number of benzene rings is 1. The van der Waals surface area contributed by atoms with Crippen LogP contribution in [0.2, 0.25) is 0 Å². The molecule has 1 aliphatic carbocycles. The Morgan fingerprint density at radius 1 is 1.38 bits per heavy atom. The van der Waals surface area contributed by atoms with Crippen molar-refractivity contribution in [1.82, 2.24) is 10.3 Å². The van der Waals surface area contributed by atoms with Crippen LogP contribution >= 0.6 is 11.3 Å². The first kappa shape index (κ1) is 15.4. The molecular formula is C18H18N2O3S. The number of furan rings is 1. The van der Waals surface area contributed by atoms with Crippen LogP contribution in [0.1, 0.15) is 30.3 Å². The fraction of sp³-hybridized carbons (Fsp3) is 0.333. The molecule has 2 heterocycles. The molecule has 5 nitrogen and oxygen atoms in total. The van der Waals surface area contributed by atoms with Crippen molar-refractivity contribution >= 4 is 27.5 Å². The number of amides is 1. The molecule has 24 heavy (non-hydrogen) atoms. The highest BCUT2D eigenvalue weighted by Gasteiger charge is 2.42. The monoisotopic (exact) mass is 342 g/mol. The van der Waals surface area contributed by atoms with Crippen molar-refractivity contribution < 1.29 is 14.3 Å². The van der Waals surface area contributed by atoms with E-state index in [0.717, 1.165) is 28.1 Å². The van der Waals surface area contributed by atoms with Gasteiger partial charge in [0.1, 0.15) is 0 Å². The van der Waals surface area contributed by atoms with Crippen LogP contribution in [-0.2, 0) is 0 Å². The molecule has 1 aliphatic rings. The maximum Gasteiger partial charge on any atom is 0.287 e. The van der Waals surface area contributed by atoms with E-state index in [2.05, 4.69) is 10.3 Å². The van der Waals surface area contributed by atoms with Crippen molar-refractivity contribution in [3.63, 3.8) is 0 Å². The van der Waals surface area contributed by atoms with Crippen LogP contribution in [0.25, 0.3) is 21.0 Å². The molecule has 1 amide bonds. The zero-order valence-electron chi connectivity index (χ0n) is 13.3. The normalized spacial score (nSPS) is 16.9. The standard InChI is InChI=1S/C18H18N2O3S/c1-18(10-21,11-6-7-11)20-16(22)13-8-9-14(23-13)17-19-12-4-2-3-5-15(12)24-17/h2-5,8-9,11,21H,6-7,10H2,1H3,(H,20,22). The zero-order chi connectivity index (χ0) is 16.7. The number of para-hydroxylation sites is 1. The maximum atomic E-state index is 12.4. The van der Waals surface area contributed by atoms with Crippen molar-refractivity contribution in [3.05, 3.63) is 42.2 Å². The van der Waals surface area contributed by atoms with Crippen LogP contribution in [0.5, 0.6) is 0 Å². The predicted octanol–water partition coefficient (Wildman–Crippen LogP) is 3.45. The smallest absolute Gasteiger partial charge is 0.287 e. The molecule has 0 aliphatic heterocycles. The number of nitrogens with one attached hydrogen (secondary N) is 1. The van der Waals surface area contributed by atoms with Gasteiger partial charge in [0.05, 0.1) is 22.4 Å². The van der Waals surface area contributed by atoms with Gasteiger partial charge in [-0.15, -0.1) is 11.3 Å².